The number of nitrogen functional groups attached to an aromatic ring is 1. The van der Waals surface area contributed by atoms with E-state index < -0.39 is 33.2 Å². The summed E-state index contributed by atoms with van der Waals surface area (Å²) < 4.78 is 60.7. The molecular formula is C7H4F5IN2. The van der Waals surface area contributed by atoms with Crippen molar-refractivity contribution in [3.63, 3.8) is 0 Å². The van der Waals surface area contributed by atoms with Crippen LogP contribution in [0.3, 0.4) is 0 Å². The van der Waals surface area contributed by atoms with E-state index in [1.807, 2.05) is 0 Å². The number of pyridine rings is 1. The highest BCUT2D eigenvalue weighted by Crippen LogP contribution is 2.37. The first-order chi connectivity index (χ1) is 6.73. The zero-order chi connectivity index (χ0) is 11.8. The molecule has 1 aromatic heterocycles. The van der Waals surface area contributed by atoms with Crippen molar-refractivity contribution in [3.05, 3.63) is 21.0 Å². The fourth-order valence-electron chi connectivity index (χ4n) is 0.945. The second-order valence-corrected chi connectivity index (χ2v) is 3.62. The molecule has 0 aromatic carbocycles. The largest absolute Gasteiger partial charge is 0.420 e. The Labute approximate surface area is 94.8 Å². The van der Waals surface area contributed by atoms with Gasteiger partial charge in [0.1, 0.15) is 15.0 Å². The van der Waals surface area contributed by atoms with Gasteiger partial charge < -0.3 is 5.73 Å². The fraction of sp³-hybridized carbons (Fsp3) is 0.286. The Hall–Kier alpha value is -0.670. The monoisotopic (exact) mass is 338 g/mol. The van der Waals surface area contributed by atoms with Crippen LogP contribution in [-0.2, 0) is 6.18 Å². The van der Waals surface area contributed by atoms with E-state index >= 15 is 0 Å². The standard InChI is InChI=1S/C7H4F5IN2/c8-5(9)3-1-2(14)4(6(13)15-3)7(10,11)12/h1,5H,(H2,14,15). The topological polar surface area (TPSA) is 38.9 Å². The molecule has 0 fully saturated rings. The molecule has 8 heteroatoms. The molecule has 0 aliphatic rings. The maximum Gasteiger partial charge on any atom is 0.420 e. The first-order valence-electron chi connectivity index (χ1n) is 3.54. The predicted octanol–water partition coefficient (Wildman–Crippen LogP) is 3.22. The Balaban J connectivity index is 3.34. The third-order valence-corrected chi connectivity index (χ3v) is 2.31. The number of halogens is 6. The van der Waals surface area contributed by atoms with Gasteiger partial charge in [-0.25, -0.2) is 13.8 Å². The molecular weight excluding hydrogens is 334 g/mol. The minimum absolute atomic E-state index is 0.537. The molecule has 2 nitrogen and oxygen atoms in total. The van der Waals surface area contributed by atoms with Crippen molar-refractivity contribution in [1.29, 1.82) is 0 Å². The van der Waals surface area contributed by atoms with E-state index in [0.29, 0.717) is 6.07 Å². The quantitative estimate of drug-likeness (QED) is 0.485. The highest BCUT2D eigenvalue weighted by atomic mass is 127. The summed E-state index contributed by atoms with van der Waals surface area (Å²) in [5, 5.41) is 0. The number of hydrogen-bond acceptors (Lipinski definition) is 2. The normalized spacial score (nSPS) is 12.2. The molecule has 0 saturated carbocycles. The van der Waals surface area contributed by atoms with Gasteiger partial charge in [-0.3, -0.25) is 0 Å². The number of nitrogens with two attached hydrogens (primary N) is 1. The second-order valence-electron chi connectivity index (χ2n) is 2.60. The Bertz CT molecular complexity index is 353. The third-order valence-electron chi connectivity index (χ3n) is 1.53. The molecule has 0 radical (unpaired) electrons. The van der Waals surface area contributed by atoms with E-state index in [9.17, 15) is 22.0 Å². The summed E-state index contributed by atoms with van der Waals surface area (Å²) in [5.74, 6) is 0. The SMILES string of the molecule is Nc1cc(C(F)F)nc(I)c1C(F)(F)F. The summed E-state index contributed by atoms with van der Waals surface area (Å²) >= 11 is 1.23. The number of rotatable bonds is 1. The van der Waals surface area contributed by atoms with E-state index in [0.717, 1.165) is 0 Å². The molecule has 0 aliphatic heterocycles. The van der Waals surface area contributed by atoms with Crippen LogP contribution in [0.15, 0.2) is 6.07 Å². The van der Waals surface area contributed by atoms with Crippen LogP contribution >= 0.6 is 22.6 Å². The van der Waals surface area contributed by atoms with Crippen molar-refractivity contribution in [2.45, 2.75) is 12.6 Å². The average molecular weight is 338 g/mol. The van der Waals surface area contributed by atoms with Gasteiger partial charge in [-0.1, -0.05) is 0 Å². The van der Waals surface area contributed by atoms with Gasteiger partial charge in [-0.2, -0.15) is 13.2 Å². The smallest absolute Gasteiger partial charge is 0.398 e. The van der Waals surface area contributed by atoms with Crippen molar-refractivity contribution in [1.82, 2.24) is 4.98 Å². The van der Waals surface area contributed by atoms with Crippen molar-refractivity contribution in [2.24, 2.45) is 0 Å². The molecule has 0 saturated heterocycles. The molecule has 0 aliphatic carbocycles. The zero-order valence-electron chi connectivity index (χ0n) is 6.95. The summed E-state index contributed by atoms with van der Waals surface area (Å²) in [6, 6.07) is 0.537. The highest BCUT2D eigenvalue weighted by molar-refractivity contribution is 14.1. The Morgan fingerprint density at radius 1 is 1.33 bits per heavy atom. The van der Waals surface area contributed by atoms with Crippen LogP contribution in [0.1, 0.15) is 17.7 Å². The van der Waals surface area contributed by atoms with Gasteiger partial charge in [0.25, 0.3) is 6.43 Å². The maximum atomic E-state index is 12.3. The molecule has 84 valence electrons. The molecule has 0 unspecified atom stereocenters. The molecule has 15 heavy (non-hydrogen) atoms. The van der Waals surface area contributed by atoms with Gasteiger partial charge in [0, 0.05) is 5.69 Å². The molecule has 1 rings (SSSR count). The van der Waals surface area contributed by atoms with Crippen molar-refractivity contribution >= 4 is 28.3 Å². The lowest BCUT2D eigenvalue weighted by Crippen LogP contribution is -2.14. The lowest BCUT2D eigenvalue weighted by molar-refractivity contribution is -0.137. The zero-order valence-corrected chi connectivity index (χ0v) is 9.10. The Morgan fingerprint density at radius 2 is 1.87 bits per heavy atom. The number of anilines is 1. The number of aromatic nitrogens is 1. The van der Waals surface area contributed by atoms with Crippen LogP contribution in [0, 0.1) is 3.70 Å². The van der Waals surface area contributed by atoms with Gasteiger partial charge in [0.05, 0.1) is 0 Å². The minimum Gasteiger partial charge on any atom is -0.398 e. The summed E-state index contributed by atoms with van der Waals surface area (Å²) in [6.45, 7) is 0. The lowest BCUT2D eigenvalue weighted by Gasteiger charge is -2.12. The molecule has 0 spiro atoms. The summed E-state index contributed by atoms with van der Waals surface area (Å²) in [4.78, 5) is 3.14. The van der Waals surface area contributed by atoms with Crippen LogP contribution in [0.5, 0.6) is 0 Å². The summed E-state index contributed by atoms with van der Waals surface area (Å²) in [5.41, 5.74) is 2.38. The number of nitrogens with zero attached hydrogens (tertiary/aromatic N) is 1. The molecule has 0 bridgehead atoms. The number of hydrogen-bond donors (Lipinski definition) is 1. The van der Waals surface area contributed by atoms with Crippen LogP contribution in [-0.4, -0.2) is 4.98 Å². The predicted molar refractivity (Wildman–Crippen MR) is 51.3 cm³/mol. The van der Waals surface area contributed by atoms with Crippen LogP contribution < -0.4 is 5.73 Å². The Morgan fingerprint density at radius 3 is 2.20 bits per heavy atom. The van der Waals surface area contributed by atoms with E-state index in [2.05, 4.69) is 4.98 Å². The van der Waals surface area contributed by atoms with Crippen molar-refractivity contribution in [2.75, 3.05) is 5.73 Å². The van der Waals surface area contributed by atoms with Gasteiger partial charge >= 0.3 is 6.18 Å². The van der Waals surface area contributed by atoms with Gasteiger partial charge in [0.2, 0.25) is 0 Å². The van der Waals surface area contributed by atoms with E-state index in [1.54, 1.807) is 0 Å². The highest BCUT2D eigenvalue weighted by Gasteiger charge is 2.36. The second kappa shape index (κ2) is 4.06. The van der Waals surface area contributed by atoms with Crippen LogP contribution in [0.2, 0.25) is 0 Å². The first kappa shape index (κ1) is 12.4. The summed E-state index contributed by atoms with van der Waals surface area (Å²) in [7, 11) is 0. The Kier molecular flexibility index (Phi) is 3.36. The molecule has 2 N–H and O–H groups in total. The maximum absolute atomic E-state index is 12.3. The molecule has 1 aromatic rings. The van der Waals surface area contributed by atoms with E-state index in [4.69, 9.17) is 5.73 Å². The van der Waals surface area contributed by atoms with Gasteiger partial charge in [0.15, 0.2) is 0 Å². The summed E-state index contributed by atoms with van der Waals surface area (Å²) in [6.07, 6.45) is -7.63. The lowest BCUT2D eigenvalue weighted by atomic mass is 10.2. The van der Waals surface area contributed by atoms with Crippen molar-refractivity contribution < 1.29 is 22.0 Å². The molecule has 1 heterocycles. The van der Waals surface area contributed by atoms with Gasteiger partial charge in [-0.05, 0) is 28.7 Å². The number of alkyl halides is 5. The van der Waals surface area contributed by atoms with Crippen molar-refractivity contribution in [3.8, 4) is 0 Å². The molecule has 0 amide bonds. The fourth-order valence-corrected chi connectivity index (χ4v) is 1.84. The first-order valence-corrected chi connectivity index (χ1v) is 4.62. The van der Waals surface area contributed by atoms with Crippen LogP contribution in [0.4, 0.5) is 27.6 Å². The van der Waals surface area contributed by atoms with Crippen LogP contribution in [0.25, 0.3) is 0 Å². The third kappa shape index (κ3) is 2.67. The average Bonchev–Trinajstić information content (AvgIpc) is 1.99. The molecule has 0 atom stereocenters. The van der Waals surface area contributed by atoms with E-state index in [1.165, 1.54) is 22.6 Å². The minimum atomic E-state index is -4.69. The van der Waals surface area contributed by atoms with E-state index in [-0.39, 0.29) is 0 Å². The van der Waals surface area contributed by atoms with Gasteiger partial charge in [-0.15, -0.1) is 0 Å².